The summed E-state index contributed by atoms with van der Waals surface area (Å²) in [5.41, 5.74) is 2.24. The van der Waals surface area contributed by atoms with Crippen LogP contribution >= 0.6 is 0 Å². The topological polar surface area (TPSA) is 98.2 Å². The summed E-state index contributed by atoms with van der Waals surface area (Å²) in [6.45, 7) is 0. The van der Waals surface area contributed by atoms with Crippen LogP contribution in [-0.4, -0.2) is 20.8 Å². The summed E-state index contributed by atoms with van der Waals surface area (Å²) < 4.78 is 38.5. The molecule has 6 nitrogen and oxygen atoms in total. The molecule has 0 atom stereocenters. The van der Waals surface area contributed by atoms with E-state index in [1.165, 1.54) is 6.07 Å². The van der Waals surface area contributed by atoms with Crippen molar-refractivity contribution >= 4 is 5.91 Å². The number of hydrogen-bond acceptors (Lipinski definition) is 4. The standard InChI is InChI=1S/C12H8F3N3O3/c13-12(14,15)6-2-1-3-7(4-6)18-9(20)5-8(19)10(17-18)11(16)21/h1-5,19H,(H2,16,21). The normalized spacial score (nSPS) is 11.4. The first-order chi connectivity index (χ1) is 9.70. The molecule has 0 unspecified atom stereocenters. The van der Waals surface area contributed by atoms with Crippen LogP contribution < -0.4 is 11.3 Å². The van der Waals surface area contributed by atoms with Crippen molar-refractivity contribution in [1.82, 2.24) is 9.78 Å². The highest BCUT2D eigenvalue weighted by Crippen LogP contribution is 2.30. The van der Waals surface area contributed by atoms with Gasteiger partial charge in [-0.25, -0.2) is 0 Å². The van der Waals surface area contributed by atoms with E-state index in [-0.39, 0.29) is 5.69 Å². The fourth-order valence-corrected chi connectivity index (χ4v) is 1.62. The number of halogens is 3. The minimum atomic E-state index is -4.59. The molecule has 1 aromatic carbocycles. The van der Waals surface area contributed by atoms with Crippen LogP contribution in [0.1, 0.15) is 16.1 Å². The minimum absolute atomic E-state index is 0.211. The molecule has 0 fully saturated rings. The minimum Gasteiger partial charge on any atom is -0.505 e. The zero-order valence-corrected chi connectivity index (χ0v) is 10.3. The Labute approximate surface area is 115 Å². The molecule has 0 aliphatic carbocycles. The number of nitrogens with zero attached hydrogens (tertiary/aromatic N) is 2. The van der Waals surface area contributed by atoms with Gasteiger partial charge in [0.2, 0.25) is 0 Å². The van der Waals surface area contributed by atoms with Gasteiger partial charge in [-0.2, -0.15) is 23.0 Å². The van der Waals surface area contributed by atoms with Gasteiger partial charge in [0.25, 0.3) is 11.5 Å². The van der Waals surface area contributed by atoms with E-state index in [4.69, 9.17) is 5.73 Å². The summed E-state index contributed by atoms with van der Waals surface area (Å²) in [7, 11) is 0. The number of carbonyl (C=O) groups is 1. The predicted molar refractivity (Wildman–Crippen MR) is 65.0 cm³/mol. The molecule has 110 valence electrons. The second-order valence-corrected chi connectivity index (χ2v) is 4.04. The van der Waals surface area contributed by atoms with Crippen LogP contribution in [0.25, 0.3) is 5.69 Å². The predicted octanol–water partition coefficient (Wildman–Crippen LogP) is 1.06. The molecule has 0 saturated carbocycles. The van der Waals surface area contributed by atoms with E-state index >= 15 is 0 Å². The van der Waals surface area contributed by atoms with Gasteiger partial charge in [-0.05, 0) is 18.2 Å². The summed E-state index contributed by atoms with van der Waals surface area (Å²) in [6.07, 6.45) is -4.59. The maximum absolute atomic E-state index is 12.6. The lowest BCUT2D eigenvalue weighted by Gasteiger charge is -2.10. The van der Waals surface area contributed by atoms with Crippen molar-refractivity contribution < 1.29 is 23.1 Å². The number of aromatic hydroxyl groups is 1. The van der Waals surface area contributed by atoms with Crippen LogP contribution in [0.2, 0.25) is 0 Å². The Morgan fingerprint density at radius 3 is 2.52 bits per heavy atom. The number of alkyl halides is 3. The summed E-state index contributed by atoms with van der Waals surface area (Å²) >= 11 is 0. The molecule has 0 saturated heterocycles. The van der Waals surface area contributed by atoms with E-state index in [1.54, 1.807) is 0 Å². The Bertz CT molecular complexity index is 768. The van der Waals surface area contributed by atoms with Crippen LogP contribution in [0.3, 0.4) is 0 Å². The van der Waals surface area contributed by atoms with Crippen LogP contribution in [-0.2, 0) is 6.18 Å². The summed E-state index contributed by atoms with van der Waals surface area (Å²) in [4.78, 5) is 22.7. The summed E-state index contributed by atoms with van der Waals surface area (Å²) in [6, 6.07) is 4.45. The quantitative estimate of drug-likeness (QED) is 0.866. The largest absolute Gasteiger partial charge is 0.505 e. The maximum atomic E-state index is 12.6. The molecule has 2 rings (SSSR count). The molecular weight excluding hydrogens is 291 g/mol. The van der Waals surface area contributed by atoms with Gasteiger partial charge in [0.1, 0.15) is 0 Å². The molecule has 1 aromatic heterocycles. The molecule has 1 heterocycles. The molecule has 2 aromatic rings. The van der Waals surface area contributed by atoms with E-state index in [1.807, 2.05) is 0 Å². The average Bonchev–Trinajstić information content (AvgIpc) is 2.37. The molecule has 0 aliphatic heterocycles. The van der Waals surface area contributed by atoms with Gasteiger partial charge < -0.3 is 10.8 Å². The Morgan fingerprint density at radius 1 is 1.29 bits per heavy atom. The molecule has 0 aliphatic rings. The van der Waals surface area contributed by atoms with Crippen molar-refractivity contribution in [2.24, 2.45) is 5.73 Å². The van der Waals surface area contributed by atoms with Crippen molar-refractivity contribution in [2.45, 2.75) is 6.18 Å². The highest BCUT2D eigenvalue weighted by Gasteiger charge is 2.30. The molecule has 9 heteroatoms. The molecule has 21 heavy (non-hydrogen) atoms. The SMILES string of the molecule is NC(=O)c1nn(-c2cccc(C(F)(F)F)c2)c(=O)cc1O. The highest BCUT2D eigenvalue weighted by molar-refractivity contribution is 5.93. The Balaban J connectivity index is 2.65. The molecule has 0 bridgehead atoms. The second-order valence-electron chi connectivity index (χ2n) is 4.04. The van der Waals surface area contributed by atoms with Crippen molar-refractivity contribution in [2.75, 3.05) is 0 Å². The first-order valence-electron chi connectivity index (χ1n) is 5.51. The van der Waals surface area contributed by atoms with Gasteiger partial charge in [0.15, 0.2) is 11.4 Å². The number of aromatic nitrogens is 2. The monoisotopic (exact) mass is 299 g/mol. The van der Waals surface area contributed by atoms with Crippen molar-refractivity contribution in [3.05, 3.63) is 51.9 Å². The van der Waals surface area contributed by atoms with Gasteiger partial charge >= 0.3 is 6.18 Å². The smallest absolute Gasteiger partial charge is 0.416 e. The molecule has 0 radical (unpaired) electrons. The fourth-order valence-electron chi connectivity index (χ4n) is 1.62. The van der Waals surface area contributed by atoms with Gasteiger partial charge in [-0.1, -0.05) is 6.07 Å². The van der Waals surface area contributed by atoms with E-state index in [0.717, 1.165) is 12.1 Å². The van der Waals surface area contributed by atoms with Crippen LogP contribution in [0, 0.1) is 0 Å². The maximum Gasteiger partial charge on any atom is 0.416 e. The summed E-state index contributed by atoms with van der Waals surface area (Å²) in [5, 5.41) is 12.8. The van der Waals surface area contributed by atoms with E-state index in [2.05, 4.69) is 5.10 Å². The van der Waals surface area contributed by atoms with Crippen LogP contribution in [0.4, 0.5) is 13.2 Å². The average molecular weight is 299 g/mol. The highest BCUT2D eigenvalue weighted by atomic mass is 19.4. The lowest BCUT2D eigenvalue weighted by Crippen LogP contribution is -2.25. The third-order valence-electron chi connectivity index (χ3n) is 2.56. The molecule has 0 spiro atoms. The Hall–Kier alpha value is -2.84. The third kappa shape index (κ3) is 2.86. The van der Waals surface area contributed by atoms with Crippen molar-refractivity contribution in [3.8, 4) is 11.4 Å². The van der Waals surface area contributed by atoms with Crippen molar-refractivity contribution in [1.29, 1.82) is 0 Å². The fraction of sp³-hybridized carbons (Fsp3) is 0.0833. The number of rotatable bonds is 2. The van der Waals surface area contributed by atoms with Gasteiger partial charge in [0, 0.05) is 6.07 Å². The number of carbonyl (C=O) groups excluding carboxylic acids is 1. The number of primary amides is 1. The second kappa shape index (κ2) is 4.93. The molecule has 3 N–H and O–H groups in total. The zero-order chi connectivity index (χ0) is 15.8. The lowest BCUT2D eigenvalue weighted by molar-refractivity contribution is -0.137. The van der Waals surface area contributed by atoms with Crippen LogP contribution in [0.15, 0.2) is 35.1 Å². The van der Waals surface area contributed by atoms with Gasteiger partial charge in [0.05, 0.1) is 11.3 Å². The molecular formula is C12H8F3N3O3. The van der Waals surface area contributed by atoms with E-state index in [0.29, 0.717) is 16.8 Å². The summed E-state index contributed by atoms with van der Waals surface area (Å²) in [5.74, 6) is -1.86. The first kappa shape index (κ1) is 14.6. The van der Waals surface area contributed by atoms with Crippen molar-refractivity contribution in [3.63, 3.8) is 0 Å². The zero-order valence-electron chi connectivity index (χ0n) is 10.3. The van der Waals surface area contributed by atoms with E-state index < -0.39 is 34.6 Å². The Kier molecular flexibility index (Phi) is 3.42. The first-order valence-corrected chi connectivity index (χ1v) is 5.51. The van der Waals surface area contributed by atoms with Crippen LogP contribution in [0.5, 0.6) is 5.75 Å². The third-order valence-corrected chi connectivity index (χ3v) is 2.56. The van der Waals surface area contributed by atoms with Gasteiger partial charge in [-0.15, -0.1) is 0 Å². The number of nitrogens with two attached hydrogens (primary N) is 1. The molecule has 1 amide bonds. The lowest BCUT2D eigenvalue weighted by atomic mass is 10.2. The van der Waals surface area contributed by atoms with E-state index in [9.17, 15) is 27.9 Å². The number of benzene rings is 1. The van der Waals surface area contributed by atoms with Gasteiger partial charge in [-0.3, -0.25) is 9.59 Å². The Morgan fingerprint density at radius 2 is 1.95 bits per heavy atom. The number of hydrogen-bond donors (Lipinski definition) is 2. The number of amides is 1.